The molecule has 0 amide bonds. The molecule has 1 aliphatic carbocycles. The Labute approximate surface area is 199 Å². The third-order valence-corrected chi connectivity index (χ3v) is 11.2. The maximum absolute atomic E-state index is 11.7. The Balaban J connectivity index is 2.99. The molecule has 0 fully saturated rings. The molecule has 0 radical (unpaired) electrons. The maximum Gasteiger partial charge on any atom is 0.304 e. The molecule has 0 aliphatic heterocycles. The van der Waals surface area contributed by atoms with E-state index in [-0.39, 0.29) is 11.0 Å². The Hall–Kier alpha value is -1.72. The van der Waals surface area contributed by atoms with Gasteiger partial charge in [0.2, 0.25) is 0 Å². The van der Waals surface area contributed by atoms with Gasteiger partial charge in [-0.25, -0.2) is 0 Å². The average Bonchev–Trinajstić information content (AvgIpc) is 2.88. The van der Waals surface area contributed by atoms with E-state index in [1.807, 2.05) is 0 Å². The number of allylic oxidation sites excluding steroid dienone is 1. The quantitative estimate of drug-likeness (QED) is 0.200. The van der Waals surface area contributed by atoms with Crippen LogP contribution in [0.4, 0.5) is 0 Å². The van der Waals surface area contributed by atoms with E-state index >= 15 is 0 Å². The molecule has 0 aromatic heterocycles. The van der Waals surface area contributed by atoms with Gasteiger partial charge in [-0.05, 0) is 61.2 Å². The minimum absolute atomic E-state index is 0.208. The zero-order valence-corrected chi connectivity index (χ0v) is 23.8. The van der Waals surface area contributed by atoms with Gasteiger partial charge < -0.3 is 9.16 Å². The van der Waals surface area contributed by atoms with E-state index in [0.29, 0.717) is 13.0 Å². The minimum Gasteiger partial charge on any atom is -0.445 e. The van der Waals surface area contributed by atoms with Crippen LogP contribution in [0.25, 0.3) is 0 Å². The Morgan fingerprint density at radius 1 is 1.03 bits per heavy atom. The molecule has 1 rings (SSSR count). The summed E-state index contributed by atoms with van der Waals surface area (Å²) in [6.45, 7) is 19.9. The predicted octanol–water partition coefficient (Wildman–Crippen LogP) is 6.48. The van der Waals surface area contributed by atoms with Crippen molar-refractivity contribution in [2.24, 2.45) is 0 Å². The lowest BCUT2D eigenvalue weighted by molar-refractivity contribution is -0.142. The summed E-state index contributed by atoms with van der Waals surface area (Å²) in [4.78, 5) is 11.7. The van der Waals surface area contributed by atoms with Gasteiger partial charge in [0.1, 0.15) is 8.07 Å². The summed E-state index contributed by atoms with van der Waals surface area (Å²) in [5, 5.41) is 0.208. The molecule has 0 saturated heterocycles. The van der Waals surface area contributed by atoms with Crippen molar-refractivity contribution < 1.29 is 14.0 Å². The van der Waals surface area contributed by atoms with Crippen LogP contribution in [-0.2, 0) is 14.0 Å². The molecule has 0 bridgehead atoms. The number of esters is 1. The van der Waals surface area contributed by atoms with Crippen molar-refractivity contribution >= 4 is 22.4 Å². The van der Waals surface area contributed by atoms with Crippen molar-refractivity contribution in [2.45, 2.75) is 110 Å². The summed E-state index contributed by atoms with van der Waals surface area (Å²) >= 11 is 0. The van der Waals surface area contributed by atoms with E-state index in [9.17, 15) is 4.79 Å². The van der Waals surface area contributed by atoms with Gasteiger partial charge in [0.25, 0.3) is 0 Å². The van der Waals surface area contributed by atoms with E-state index in [0.717, 1.165) is 43.3 Å². The minimum atomic E-state index is -1.73. The van der Waals surface area contributed by atoms with Gasteiger partial charge in [0.05, 0.1) is 0 Å². The molecule has 0 aromatic carbocycles. The van der Waals surface area contributed by atoms with Gasteiger partial charge in [-0.15, -0.1) is 5.54 Å². The second kappa shape index (κ2) is 12.5. The lowest BCUT2D eigenvalue weighted by Crippen LogP contribution is -2.40. The van der Waals surface area contributed by atoms with Crippen LogP contribution in [0.15, 0.2) is 11.1 Å². The maximum atomic E-state index is 11.7. The molecular weight excluding hydrogens is 428 g/mol. The predicted molar refractivity (Wildman–Crippen MR) is 140 cm³/mol. The van der Waals surface area contributed by atoms with E-state index in [2.05, 4.69) is 88.7 Å². The number of hydrogen-bond donors (Lipinski definition) is 0. The van der Waals surface area contributed by atoms with Crippen molar-refractivity contribution in [2.75, 3.05) is 6.61 Å². The zero-order valence-electron chi connectivity index (χ0n) is 21.8. The molecule has 32 heavy (non-hydrogen) atoms. The average molecular weight is 471 g/mol. The normalized spacial score (nSPS) is 15.8. The molecule has 1 atom stereocenters. The van der Waals surface area contributed by atoms with E-state index in [4.69, 9.17) is 9.16 Å². The van der Waals surface area contributed by atoms with Gasteiger partial charge in [0.15, 0.2) is 14.4 Å². The molecule has 3 nitrogen and oxygen atoms in total. The first-order valence-electron chi connectivity index (χ1n) is 11.8. The first-order chi connectivity index (χ1) is 14.7. The van der Waals surface area contributed by atoms with Crippen LogP contribution in [0, 0.1) is 35.1 Å². The van der Waals surface area contributed by atoms with Gasteiger partial charge in [-0.1, -0.05) is 64.6 Å². The molecule has 1 aliphatic rings. The number of carbonyl (C=O) groups is 1. The fourth-order valence-electron chi connectivity index (χ4n) is 2.96. The van der Waals surface area contributed by atoms with Crippen LogP contribution in [0.3, 0.4) is 0 Å². The van der Waals surface area contributed by atoms with E-state index < -0.39 is 22.5 Å². The summed E-state index contributed by atoms with van der Waals surface area (Å²) in [5.74, 6) is 15.4. The highest BCUT2D eigenvalue weighted by molar-refractivity contribution is 6.83. The van der Waals surface area contributed by atoms with Gasteiger partial charge in [-0.3, -0.25) is 4.79 Å². The summed E-state index contributed by atoms with van der Waals surface area (Å²) in [5.41, 5.74) is 5.48. The van der Waals surface area contributed by atoms with Crippen molar-refractivity contribution in [1.82, 2.24) is 0 Å². The summed E-state index contributed by atoms with van der Waals surface area (Å²) in [7, 11) is -3.31. The molecule has 0 heterocycles. The van der Waals surface area contributed by atoms with E-state index in [1.54, 1.807) is 0 Å². The number of rotatable bonds is 5. The van der Waals surface area contributed by atoms with Crippen LogP contribution in [0.5, 0.6) is 0 Å². The number of hydrogen-bond acceptors (Lipinski definition) is 3. The Kier molecular flexibility index (Phi) is 11.1. The van der Waals surface area contributed by atoms with Crippen molar-refractivity contribution in [3.05, 3.63) is 11.1 Å². The van der Waals surface area contributed by atoms with Gasteiger partial charge in [-0.2, -0.15) is 0 Å². The van der Waals surface area contributed by atoms with Crippen molar-refractivity contribution in [1.29, 1.82) is 0 Å². The van der Waals surface area contributed by atoms with E-state index in [1.165, 1.54) is 6.92 Å². The third-order valence-electron chi connectivity index (χ3n) is 5.80. The van der Waals surface area contributed by atoms with Gasteiger partial charge >= 0.3 is 5.97 Å². The summed E-state index contributed by atoms with van der Waals surface area (Å²) < 4.78 is 11.8. The molecule has 0 aromatic rings. The zero-order chi connectivity index (χ0) is 24.4. The monoisotopic (exact) mass is 470 g/mol. The topological polar surface area (TPSA) is 35.5 Å². The van der Waals surface area contributed by atoms with Crippen LogP contribution < -0.4 is 0 Å². The highest BCUT2D eigenvalue weighted by Crippen LogP contribution is 2.36. The molecule has 5 heteroatoms. The molecule has 0 spiro atoms. The number of ether oxygens (including phenoxy) is 1. The molecule has 0 saturated carbocycles. The number of carbonyl (C=O) groups excluding carboxylic acids is 1. The SMILES string of the molecule is CC(=O)OC(C#C[Si](C)(C)C)C1=C(C#CC#CCCO[Si](C)(C)C(C)(C)C)CCCCC1. The lowest BCUT2D eigenvalue weighted by atomic mass is 9.98. The van der Waals surface area contributed by atoms with Gasteiger partial charge in [0, 0.05) is 25.5 Å². The summed E-state index contributed by atoms with van der Waals surface area (Å²) in [6.07, 6.45) is 5.28. The Morgan fingerprint density at radius 2 is 1.69 bits per heavy atom. The highest BCUT2D eigenvalue weighted by Gasteiger charge is 2.36. The summed E-state index contributed by atoms with van der Waals surface area (Å²) in [6, 6.07) is 0. The first kappa shape index (κ1) is 28.3. The largest absolute Gasteiger partial charge is 0.445 e. The highest BCUT2D eigenvalue weighted by atomic mass is 28.4. The van der Waals surface area contributed by atoms with Crippen molar-refractivity contribution in [3.8, 4) is 35.1 Å². The second-order valence-electron chi connectivity index (χ2n) is 11.0. The third kappa shape index (κ3) is 10.7. The fourth-order valence-corrected chi connectivity index (χ4v) is 4.57. The van der Waals surface area contributed by atoms with Crippen LogP contribution in [-0.4, -0.2) is 35.1 Å². The molecule has 1 unspecified atom stereocenters. The van der Waals surface area contributed by atoms with Crippen molar-refractivity contribution in [3.63, 3.8) is 0 Å². The Morgan fingerprint density at radius 3 is 2.28 bits per heavy atom. The second-order valence-corrected chi connectivity index (χ2v) is 20.5. The van der Waals surface area contributed by atoms with Crippen LogP contribution in [0.1, 0.15) is 66.2 Å². The standard InChI is InChI=1S/C27H42O3Si2/c1-23(28)30-26(20-22-31(5,6)7)25-19-15-12-14-18-24(25)17-13-10-11-16-21-29-32(8,9)27(2,3)4/h26H,12,14-16,18-19,21H2,1-9H3. The Bertz CT molecular complexity index is 866. The van der Waals surface area contributed by atoms with Crippen LogP contribution >= 0.6 is 0 Å². The smallest absolute Gasteiger partial charge is 0.304 e. The first-order valence-corrected chi connectivity index (χ1v) is 18.2. The molecular formula is C27H42O3Si2. The molecule has 176 valence electrons. The van der Waals surface area contributed by atoms with Crippen LogP contribution in [0.2, 0.25) is 37.8 Å². The lowest BCUT2D eigenvalue weighted by Gasteiger charge is -2.35. The fraction of sp³-hybridized carbons (Fsp3) is 0.667. The molecule has 0 N–H and O–H groups in total.